The van der Waals surface area contributed by atoms with Crippen LogP contribution in [-0.2, 0) is 4.79 Å². The van der Waals surface area contributed by atoms with E-state index in [0.717, 1.165) is 49.0 Å². The highest BCUT2D eigenvalue weighted by molar-refractivity contribution is 6.31. The average molecular weight is 425 g/mol. The van der Waals surface area contributed by atoms with Crippen molar-refractivity contribution in [2.45, 2.75) is 24.9 Å². The van der Waals surface area contributed by atoms with Crippen molar-refractivity contribution in [1.82, 2.24) is 24.6 Å². The first-order valence-corrected chi connectivity index (χ1v) is 10.8. The van der Waals surface area contributed by atoms with Crippen molar-refractivity contribution < 1.29 is 4.79 Å². The van der Waals surface area contributed by atoms with Crippen LogP contribution < -0.4 is 10.2 Å². The zero-order valence-electron chi connectivity index (χ0n) is 17.0. The zero-order valence-corrected chi connectivity index (χ0v) is 17.7. The number of aromatic nitrogens is 3. The fourth-order valence-corrected chi connectivity index (χ4v) is 4.65. The Bertz CT molecular complexity index is 1070. The predicted molar refractivity (Wildman–Crippen MR) is 117 cm³/mol. The smallest absolute Gasteiger partial charge is 0.138 e. The van der Waals surface area contributed by atoms with Gasteiger partial charge in [0.2, 0.25) is 0 Å². The number of anilines is 1. The number of piperidine rings is 1. The van der Waals surface area contributed by atoms with E-state index in [-0.39, 0.29) is 17.9 Å². The van der Waals surface area contributed by atoms with E-state index >= 15 is 0 Å². The van der Waals surface area contributed by atoms with Crippen LogP contribution in [0.3, 0.4) is 0 Å². The van der Waals surface area contributed by atoms with Crippen LogP contribution in [0.2, 0.25) is 5.02 Å². The Labute approximate surface area is 180 Å². The standard InChI is InChI=1S/C22H25ClN6O/c1-27-8-10-28(11-9-27)21-6-2-5-20-26-19(14-29(20)21)17-12-15(30)13-18(25-17)22-16(23)4-3-7-24-22/h2-7,14,17-18,25H,8-13H2,1H3. The molecule has 5 heterocycles. The van der Waals surface area contributed by atoms with Gasteiger partial charge in [0.25, 0.3) is 0 Å². The molecule has 0 saturated carbocycles. The van der Waals surface area contributed by atoms with Gasteiger partial charge in [-0.15, -0.1) is 0 Å². The lowest BCUT2D eigenvalue weighted by Crippen LogP contribution is -2.45. The first kappa shape index (κ1) is 19.5. The van der Waals surface area contributed by atoms with E-state index in [4.69, 9.17) is 16.6 Å². The molecule has 8 heteroatoms. The third-order valence-electron chi connectivity index (χ3n) is 6.06. The van der Waals surface area contributed by atoms with Gasteiger partial charge in [-0.25, -0.2) is 4.98 Å². The largest absolute Gasteiger partial charge is 0.355 e. The number of ketones is 1. The molecular weight excluding hydrogens is 400 g/mol. The Hall–Kier alpha value is -2.48. The normalized spacial score (nSPS) is 23.3. The number of fused-ring (bicyclic) bond motifs is 1. The van der Waals surface area contributed by atoms with E-state index in [9.17, 15) is 4.79 Å². The summed E-state index contributed by atoms with van der Waals surface area (Å²) in [5.41, 5.74) is 2.49. The lowest BCUT2D eigenvalue weighted by Gasteiger charge is -2.34. The van der Waals surface area contributed by atoms with Crippen LogP contribution in [0, 0.1) is 0 Å². The fourth-order valence-electron chi connectivity index (χ4n) is 4.40. The number of carbonyl (C=O) groups is 1. The number of carbonyl (C=O) groups excluding carboxylic acids is 1. The fraction of sp³-hybridized carbons (Fsp3) is 0.409. The van der Waals surface area contributed by atoms with Gasteiger partial charge in [-0.05, 0) is 31.3 Å². The van der Waals surface area contributed by atoms with Crippen LogP contribution in [0.15, 0.2) is 42.7 Å². The summed E-state index contributed by atoms with van der Waals surface area (Å²) < 4.78 is 2.14. The van der Waals surface area contributed by atoms with E-state index in [0.29, 0.717) is 17.9 Å². The second-order valence-corrected chi connectivity index (χ2v) is 8.56. The van der Waals surface area contributed by atoms with Crippen LogP contribution in [0.1, 0.15) is 36.3 Å². The monoisotopic (exact) mass is 424 g/mol. The molecule has 0 aliphatic carbocycles. The van der Waals surface area contributed by atoms with Crippen molar-refractivity contribution in [3.63, 3.8) is 0 Å². The summed E-state index contributed by atoms with van der Waals surface area (Å²) in [5, 5.41) is 4.14. The second-order valence-electron chi connectivity index (χ2n) is 8.16. The molecule has 2 atom stereocenters. The summed E-state index contributed by atoms with van der Waals surface area (Å²) >= 11 is 6.34. The van der Waals surface area contributed by atoms with Crippen molar-refractivity contribution in [2.75, 3.05) is 38.1 Å². The van der Waals surface area contributed by atoms with Crippen molar-refractivity contribution in [3.8, 4) is 0 Å². The van der Waals surface area contributed by atoms with Crippen molar-refractivity contribution in [2.24, 2.45) is 0 Å². The summed E-state index contributed by atoms with van der Waals surface area (Å²) in [6, 6.07) is 9.46. The lowest BCUT2D eigenvalue weighted by atomic mass is 9.93. The average Bonchev–Trinajstić information content (AvgIpc) is 3.19. The molecule has 0 spiro atoms. The highest BCUT2D eigenvalue weighted by Gasteiger charge is 2.32. The Morgan fingerprint density at radius 1 is 1.07 bits per heavy atom. The Kier molecular flexibility index (Phi) is 5.18. The number of Topliss-reactive ketones (excluding diaryl/α,β-unsaturated/α-hetero) is 1. The maximum atomic E-state index is 12.5. The number of hydrogen-bond donors (Lipinski definition) is 1. The number of nitrogens with zero attached hydrogens (tertiary/aromatic N) is 5. The summed E-state index contributed by atoms with van der Waals surface area (Å²) in [5.74, 6) is 1.34. The van der Waals surface area contributed by atoms with E-state index in [1.807, 2.05) is 12.1 Å². The van der Waals surface area contributed by atoms with Gasteiger partial charge in [-0.3, -0.25) is 19.5 Å². The number of imidazole rings is 1. The third kappa shape index (κ3) is 3.69. The molecule has 7 nitrogen and oxygen atoms in total. The van der Waals surface area contributed by atoms with Crippen LogP contribution in [-0.4, -0.2) is 58.3 Å². The molecule has 0 amide bonds. The Morgan fingerprint density at radius 2 is 1.87 bits per heavy atom. The molecule has 2 aliphatic rings. The van der Waals surface area contributed by atoms with Gasteiger partial charge in [-0.1, -0.05) is 17.7 Å². The van der Waals surface area contributed by atoms with E-state index < -0.39 is 0 Å². The molecule has 30 heavy (non-hydrogen) atoms. The molecular formula is C22H25ClN6O. The van der Waals surface area contributed by atoms with Crippen LogP contribution in [0.25, 0.3) is 5.65 Å². The van der Waals surface area contributed by atoms with Crippen molar-refractivity contribution in [1.29, 1.82) is 0 Å². The first-order chi connectivity index (χ1) is 14.6. The molecule has 0 bridgehead atoms. The van der Waals surface area contributed by atoms with E-state index in [1.165, 1.54) is 0 Å². The van der Waals surface area contributed by atoms with Crippen LogP contribution in [0.4, 0.5) is 5.82 Å². The molecule has 3 aromatic heterocycles. The maximum absolute atomic E-state index is 12.5. The Morgan fingerprint density at radius 3 is 2.67 bits per heavy atom. The van der Waals surface area contributed by atoms with Gasteiger partial charge >= 0.3 is 0 Å². The number of rotatable bonds is 3. The van der Waals surface area contributed by atoms with E-state index in [2.05, 4.69) is 49.9 Å². The van der Waals surface area contributed by atoms with Gasteiger partial charge in [0.05, 0.1) is 28.5 Å². The first-order valence-electron chi connectivity index (χ1n) is 10.4. The minimum atomic E-state index is -0.202. The quantitative estimate of drug-likeness (QED) is 0.697. The van der Waals surface area contributed by atoms with Gasteiger partial charge < -0.3 is 9.80 Å². The molecule has 1 N–H and O–H groups in total. The molecule has 0 aromatic carbocycles. The molecule has 2 fully saturated rings. The second kappa shape index (κ2) is 7.98. The molecule has 2 saturated heterocycles. The molecule has 2 aliphatic heterocycles. The molecule has 5 rings (SSSR count). The SMILES string of the molecule is CN1CCN(c2cccc3nc(C4CC(=O)CC(c5ncccc5Cl)N4)cn23)CC1. The molecule has 156 valence electrons. The van der Waals surface area contributed by atoms with Crippen molar-refractivity contribution >= 4 is 28.8 Å². The summed E-state index contributed by atoms with van der Waals surface area (Å²) in [4.78, 5) is 26.5. The lowest BCUT2D eigenvalue weighted by molar-refractivity contribution is -0.121. The molecule has 0 radical (unpaired) electrons. The highest BCUT2D eigenvalue weighted by atomic mass is 35.5. The zero-order chi connectivity index (χ0) is 20.7. The van der Waals surface area contributed by atoms with E-state index in [1.54, 1.807) is 12.3 Å². The number of piperazine rings is 1. The number of halogens is 1. The topological polar surface area (TPSA) is 65.8 Å². The minimum Gasteiger partial charge on any atom is -0.355 e. The summed E-state index contributed by atoms with van der Waals surface area (Å²) in [7, 11) is 2.16. The van der Waals surface area contributed by atoms with Crippen LogP contribution in [0.5, 0.6) is 0 Å². The summed E-state index contributed by atoms with van der Waals surface area (Å²) in [6.07, 6.45) is 4.60. The molecule has 2 unspecified atom stereocenters. The number of nitrogens with one attached hydrogen (secondary N) is 1. The number of hydrogen-bond acceptors (Lipinski definition) is 6. The number of likely N-dealkylation sites (N-methyl/N-ethyl adjacent to an activating group) is 1. The third-order valence-corrected chi connectivity index (χ3v) is 6.38. The van der Waals surface area contributed by atoms with Crippen molar-refractivity contribution in [3.05, 3.63) is 59.1 Å². The Balaban J connectivity index is 1.45. The van der Waals surface area contributed by atoms with Gasteiger partial charge in [0, 0.05) is 51.4 Å². The molecule has 3 aromatic rings. The predicted octanol–water partition coefficient (Wildman–Crippen LogP) is 2.87. The van der Waals surface area contributed by atoms with Gasteiger partial charge in [0.15, 0.2) is 0 Å². The highest BCUT2D eigenvalue weighted by Crippen LogP contribution is 2.33. The maximum Gasteiger partial charge on any atom is 0.138 e. The van der Waals surface area contributed by atoms with Gasteiger partial charge in [0.1, 0.15) is 17.2 Å². The minimum absolute atomic E-state index is 0.158. The van der Waals surface area contributed by atoms with Crippen LogP contribution >= 0.6 is 11.6 Å². The van der Waals surface area contributed by atoms with Gasteiger partial charge in [-0.2, -0.15) is 0 Å². The number of pyridine rings is 2. The summed E-state index contributed by atoms with van der Waals surface area (Å²) in [6.45, 7) is 4.07.